The van der Waals surface area contributed by atoms with E-state index < -0.39 is 39.8 Å². The third-order valence-electron chi connectivity index (χ3n) is 7.56. The van der Waals surface area contributed by atoms with Crippen molar-refractivity contribution in [2.75, 3.05) is 33.4 Å². The topological polar surface area (TPSA) is 144 Å². The molecule has 0 bridgehead atoms. The Kier molecular flexibility index (Phi) is 10.6. The minimum Gasteiger partial charge on any atom is -0.497 e. The number of aliphatic hydroxyl groups is 1. The number of ether oxygens (including phenoxy) is 3. The van der Waals surface area contributed by atoms with Gasteiger partial charge < -0.3 is 30.0 Å². The maximum Gasteiger partial charge on any atom is 0.249 e. The number of nitrogens with zero attached hydrogens (tertiary/aromatic N) is 1. The van der Waals surface area contributed by atoms with E-state index in [1.165, 1.54) is 16.4 Å². The largest absolute Gasteiger partial charge is 0.497 e. The first-order valence-electron chi connectivity index (χ1n) is 14.2. The Morgan fingerprint density at radius 3 is 2.36 bits per heavy atom. The summed E-state index contributed by atoms with van der Waals surface area (Å²) < 4.78 is 44.2. The highest BCUT2D eigenvalue weighted by Crippen LogP contribution is 2.37. The highest BCUT2D eigenvalue weighted by Gasteiger charge is 2.43. The Morgan fingerprint density at radius 1 is 1.05 bits per heavy atom. The zero-order valence-corrected chi connectivity index (χ0v) is 25.2. The quantitative estimate of drug-likeness (QED) is 0.356. The molecule has 11 nitrogen and oxygen atoms in total. The number of hydrogen-bond acceptors (Lipinski definition) is 8. The molecular weight excluding hydrogens is 562 g/mol. The van der Waals surface area contributed by atoms with Gasteiger partial charge in [0.1, 0.15) is 18.0 Å². The maximum atomic E-state index is 13.0. The van der Waals surface area contributed by atoms with E-state index in [1.54, 1.807) is 31.4 Å². The van der Waals surface area contributed by atoms with Gasteiger partial charge in [-0.25, -0.2) is 8.42 Å². The minimum atomic E-state index is -3.53. The number of piperidine rings is 1. The monoisotopic (exact) mass is 603 g/mol. The molecule has 230 valence electrons. The molecule has 0 aromatic heterocycles. The normalized spacial score (nSPS) is 21.7. The van der Waals surface area contributed by atoms with Crippen LogP contribution in [0.2, 0.25) is 0 Å². The molecule has 0 spiro atoms. The average Bonchev–Trinajstić information content (AvgIpc) is 3.00. The molecule has 2 aliphatic rings. The SMILES string of the molecule is COc1ccc(C2OCC(C)(C)[C@H](C(=O)NCCC(O)C(=O)NCc3ccc(S(=O)(=O)N4CCCCC4)cc3)O2)cc1. The van der Waals surface area contributed by atoms with Crippen molar-refractivity contribution in [2.45, 2.75) is 69.5 Å². The Hall–Kier alpha value is -3.03. The fourth-order valence-electron chi connectivity index (χ4n) is 4.96. The van der Waals surface area contributed by atoms with Crippen LogP contribution in [0, 0.1) is 5.41 Å². The van der Waals surface area contributed by atoms with Crippen LogP contribution in [-0.4, -0.2) is 75.2 Å². The number of hydrogen-bond donors (Lipinski definition) is 3. The number of nitrogens with one attached hydrogen (secondary N) is 2. The van der Waals surface area contributed by atoms with Crippen molar-refractivity contribution < 1.29 is 37.3 Å². The summed E-state index contributed by atoms with van der Waals surface area (Å²) in [4.78, 5) is 25.7. The van der Waals surface area contributed by atoms with Crippen molar-refractivity contribution in [1.29, 1.82) is 0 Å². The van der Waals surface area contributed by atoms with Crippen molar-refractivity contribution in [3.8, 4) is 5.75 Å². The number of carbonyl (C=O) groups excluding carboxylic acids is 2. The van der Waals surface area contributed by atoms with E-state index in [4.69, 9.17) is 14.2 Å². The molecule has 42 heavy (non-hydrogen) atoms. The number of carbonyl (C=O) groups is 2. The van der Waals surface area contributed by atoms with E-state index in [9.17, 15) is 23.1 Å². The molecule has 0 aliphatic carbocycles. The fraction of sp³-hybridized carbons (Fsp3) is 0.533. The highest BCUT2D eigenvalue weighted by molar-refractivity contribution is 7.89. The lowest BCUT2D eigenvalue weighted by atomic mass is 9.85. The van der Waals surface area contributed by atoms with Crippen LogP contribution in [0.5, 0.6) is 5.75 Å². The molecule has 12 heteroatoms. The Bertz CT molecular complexity index is 1310. The van der Waals surface area contributed by atoms with Crippen LogP contribution >= 0.6 is 0 Å². The standard InChI is InChI=1S/C30H41N3O8S/c1-30(2)20-40-29(22-9-11-23(39-3)12-10-22)41-26(30)28(36)31-16-15-25(34)27(35)32-19-21-7-13-24(14-8-21)42(37,38)33-17-5-4-6-18-33/h7-14,25-26,29,34H,4-6,15-20H2,1-3H3,(H,31,36)(H,32,35)/t25?,26-,29?/m0/s1. The zero-order valence-electron chi connectivity index (χ0n) is 24.4. The summed E-state index contributed by atoms with van der Waals surface area (Å²) in [6.45, 7) is 5.31. The minimum absolute atomic E-state index is 0.0101. The van der Waals surface area contributed by atoms with E-state index in [1.807, 2.05) is 26.0 Å². The molecule has 4 rings (SSSR count). The molecule has 2 aliphatic heterocycles. The van der Waals surface area contributed by atoms with Gasteiger partial charge in [0.05, 0.1) is 18.6 Å². The van der Waals surface area contributed by atoms with E-state index in [2.05, 4.69) is 10.6 Å². The summed E-state index contributed by atoms with van der Waals surface area (Å²) in [5.74, 6) is -0.242. The van der Waals surface area contributed by atoms with Gasteiger partial charge in [-0.3, -0.25) is 9.59 Å². The van der Waals surface area contributed by atoms with Crippen molar-refractivity contribution in [2.24, 2.45) is 5.41 Å². The lowest BCUT2D eigenvalue weighted by molar-refractivity contribution is -0.258. The number of methoxy groups -OCH3 is 1. The van der Waals surface area contributed by atoms with Crippen LogP contribution in [0.4, 0.5) is 0 Å². The smallest absolute Gasteiger partial charge is 0.249 e. The third-order valence-corrected chi connectivity index (χ3v) is 9.48. The van der Waals surface area contributed by atoms with Crippen LogP contribution in [0.15, 0.2) is 53.4 Å². The first kappa shape index (κ1) is 31.9. The van der Waals surface area contributed by atoms with Crippen LogP contribution in [-0.2, 0) is 35.6 Å². The summed E-state index contributed by atoms with van der Waals surface area (Å²) in [6.07, 6.45) is -0.0720. The Morgan fingerprint density at radius 2 is 1.71 bits per heavy atom. The van der Waals surface area contributed by atoms with Crippen LogP contribution < -0.4 is 15.4 Å². The van der Waals surface area contributed by atoms with Gasteiger partial charge in [-0.1, -0.05) is 44.5 Å². The summed E-state index contributed by atoms with van der Waals surface area (Å²) in [7, 11) is -1.94. The van der Waals surface area contributed by atoms with Crippen molar-refractivity contribution in [1.82, 2.24) is 14.9 Å². The Labute approximate surface area is 247 Å². The van der Waals surface area contributed by atoms with Gasteiger partial charge >= 0.3 is 0 Å². The van der Waals surface area contributed by atoms with Gasteiger partial charge in [0.2, 0.25) is 21.8 Å². The predicted molar refractivity (Wildman–Crippen MR) is 155 cm³/mol. The van der Waals surface area contributed by atoms with Crippen molar-refractivity contribution >= 4 is 21.8 Å². The molecule has 0 radical (unpaired) electrons. The summed E-state index contributed by atoms with van der Waals surface area (Å²) in [5, 5.41) is 15.8. The van der Waals surface area contributed by atoms with Crippen LogP contribution in [0.25, 0.3) is 0 Å². The lowest BCUT2D eigenvalue weighted by Crippen LogP contribution is -2.52. The zero-order chi connectivity index (χ0) is 30.3. The van der Waals surface area contributed by atoms with Gasteiger partial charge in [0.15, 0.2) is 6.29 Å². The molecule has 3 N–H and O–H groups in total. The van der Waals surface area contributed by atoms with Gasteiger partial charge in [0.25, 0.3) is 0 Å². The van der Waals surface area contributed by atoms with E-state index in [0.717, 1.165) is 24.8 Å². The number of amides is 2. The van der Waals surface area contributed by atoms with E-state index in [-0.39, 0.29) is 30.3 Å². The number of benzene rings is 2. The second kappa shape index (κ2) is 14.0. The number of aliphatic hydroxyl groups excluding tert-OH is 1. The molecule has 2 aromatic rings. The molecule has 2 saturated heterocycles. The molecule has 3 atom stereocenters. The van der Waals surface area contributed by atoms with Crippen LogP contribution in [0.3, 0.4) is 0 Å². The predicted octanol–water partition coefficient (Wildman–Crippen LogP) is 2.49. The highest BCUT2D eigenvalue weighted by atomic mass is 32.2. The maximum absolute atomic E-state index is 13.0. The molecule has 0 saturated carbocycles. The fourth-order valence-corrected chi connectivity index (χ4v) is 6.48. The van der Waals surface area contributed by atoms with Crippen molar-refractivity contribution in [3.05, 3.63) is 59.7 Å². The molecule has 2 heterocycles. The molecule has 2 unspecified atom stereocenters. The molecular formula is C30H41N3O8S. The number of rotatable bonds is 11. The van der Waals surface area contributed by atoms with Gasteiger partial charge in [-0.15, -0.1) is 0 Å². The molecule has 2 amide bonds. The molecule has 2 fully saturated rings. The lowest BCUT2D eigenvalue weighted by Gasteiger charge is -2.41. The van der Waals surface area contributed by atoms with Crippen molar-refractivity contribution in [3.63, 3.8) is 0 Å². The van der Waals surface area contributed by atoms with Gasteiger partial charge in [0, 0.05) is 37.2 Å². The summed E-state index contributed by atoms with van der Waals surface area (Å²) >= 11 is 0. The summed E-state index contributed by atoms with van der Waals surface area (Å²) in [5.41, 5.74) is 0.868. The summed E-state index contributed by atoms with van der Waals surface area (Å²) in [6, 6.07) is 13.6. The van der Waals surface area contributed by atoms with Crippen LogP contribution in [0.1, 0.15) is 56.9 Å². The van der Waals surface area contributed by atoms with E-state index in [0.29, 0.717) is 31.0 Å². The average molecular weight is 604 g/mol. The Balaban J connectivity index is 1.22. The van der Waals surface area contributed by atoms with Gasteiger partial charge in [-0.05, 0) is 49.1 Å². The van der Waals surface area contributed by atoms with Gasteiger partial charge in [-0.2, -0.15) is 4.31 Å². The second-order valence-electron chi connectivity index (χ2n) is 11.3. The second-order valence-corrected chi connectivity index (χ2v) is 13.3. The third kappa shape index (κ3) is 7.87. The number of sulfonamides is 1. The molecule has 2 aromatic carbocycles. The van der Waals surface area contributed by atoms with E-state index >= 15 is 0 Å². The first-order chi connectivity index (χ1) is 20.0. The first-order valence-corrected chi connectivity index (χ1v) is 15.7.